The molecule has 0 heterocycles. The van der Waals surface area contributed by atoms with E-state index in [1.54, 1.807) is 24.3 Å². The van der Waals surface area contributed by atoms with Crippen LogP contribution >= 0.6 is 0 Å². The van der Waals surface area contributed by atoms with E-state index < -0.39 is 5.97 Å². The molecule has 0 aliphatic heterocycles. The Morgan fingerprint density at radius 2 is 2.06 bits per heavy atom. The van der Waals surface area contributed by atoms with E-state index in [4.69, 9.17) is 11.5 Å². The van der Waals surface area contributed by atoms with Crippen molar-refractivity contribution >= 4 is 11.9 Å². The van der Waals surface area contributed by atoms with Crippen LogP contribution in [0.1, 0.15) is 28.8 Å². The van der Waals surface area contributed by atoms with Crippen LogP contribution in [0.3, 0.4) is 0 Å². The molecular weight excluding hydrogens is 230 g/mol. The number of nitrogens with one attached hydrogen (secondary N) is 1. The molecule has 0 aliphatic rings. The Kier molecular flexibility index (Phi) is 5.46. The molecule has 1 amide bonds. The molecule has 94 valence electrons. The van der Waals surface area contributed by atoms with E-state index in [1.165, 1.54) is 0 Å². The van der Waals surface area contributed by atoms with Crippen molar-refractivity contribution in [2.75, 3.05) is 6.54 Å². The number of carbonyl (C=O) groups is 2. The average molecular weight is 245 g/mol. The quantitative estimate of drug-likeness (QED) is 0.745. The van der Waals surface area contributed by atoms with Crippen molar-refractivity contribution in [2.45, 2.75) is 19.3 Å². The van der Waals surface area contributed by atoms with Crippen LogP contribution in [0.2, 0.25) is 0 Å². The van der Waals surface area contributed by atoms with Crippen LogP contribution in [0.15, 0.2) is 24.3 Å². The molecule has 4 nitrogen and oxygen atoms in total. The summed E-state index contributed by atoms with van der Waals surface area (Å²) in [5, 5.41) is 11.7. The number of carboxylic acid groups (broad SMARTS) is 1. The maximum atomic E-state index is 11.3. The van der Waals surface area contributed by atoms with E-state index in [9.17, 15) is 9.59 Å². The van der Waals surface area contributed by atoms with Gasteiger partial charge in [-0.2, -0.15) is 0 Å². The summed E-state index contributed by atoms with van der Waals surface area (Å²) in [6.07, 6.45) is 6.26. The molecule has 0 unspecified atom stereocenters. The third kappa shape index (κ3) is 4.30. The van der Waals surface area contributed by atoms with Gasteiger partial charge in [-0.05, 0) is 18.1 Å². The lowest BCUT2D eigenvalue weighted by Gasteiger charge is -2.07. The zero-order valence-corrected chi connectivity index (χ0v) is 9.98. The predicted octanol–water partition coefficient (Wildman–Crippen LogP) is 1.46. The first-order chi connectivity index (χ1) is 8.65. The predicted molar refractivity (Wildman–Crippen MR) is 68.2 cm³/mol. The Balaban J connectivity index is 2.47. The van der Waals surface area contributed by atoms with Gasteiger partial charge in [0.15, 0.2) is 0 Å². The van der Waals surface area contributed by atoms with Gasteiger partial charge in [0, 0.05) is 19.4 Å². The highest BCUT2D eigenvalue weighted by molar-refractivity contribution is 5.89. The van der Waals surface area contributed by atoms with Crippen molar-refractivity contribution in [1.29, 1.82) is 0 Å². The third-order valence-corrected chi connectivity index (χ3v) is 2.46. The maximum Gasteiger partial charge on any atom is 0.335 e. The number of hydrogen-bond donors (Lipinski definition) is 2. The molecule has 0 atom stereocenters. The van der Waals surface area contributed by atoms with Gasteiger partial charge in [0.25, 0.3) is 0 Å². The van der Waals surface area contributed by atoms with E-state index in [0.717, 1.165) is 0 Å². The molecule has 0 fully saturated rings. The van der Waals surface area contributed by atoms with Crippen LogP contribution in [-0.2, 0) is 11.2 Å². The lowest BCUT2D eigenvalue weighted by atomic mass is 10.0. The second-order valence-electron chi connectivity index (χ2n) is 3.77. The van der Waals surface area contributed by atoms with Crippen LogP contribution in [0.4, 0.5) is 0 Å². The Hall–Kier alpha value is -2.28. The summed E-state index contributed by atoms with van der Waals surface area (Å²) in [6, 6.07) is 6.76. The van der Waals surface area contributed by atoms with Crippen molar-refractivity contribution in [3.8, 4) is 12.3 Å². The zero-order chi connectivity index (χ0) is 13.4. The van der Waals surface area contributed by atoms with E-state index in [-0.39, 0.29) is 11.5 Å². The van der Waals surface area contributed by atoms with Crippen molar-refractivity contribution < 1.29 is 14.7 Å². The maximum absolute atomic E-state index is 11.3. The highest BCUT2D eigenvalue weighted by atomic mass is 16.4. The number of amides is 1. The molecular formula is C14H15NO3. The summed E-state index contributed by atoms with van der Waals surface area (Å²) in [5.74, 6) is 1.33. The Labute approximate surface area is 106 Å². The summed E-state index contributed by atoms with van der Waals surface area (Å²) in [4.78, 5) is 22.2. The van der Waals surface area contributed by atoms with Gasteiger partial charge < -0.3 is 10.4 Å². The number of carboxylic acids is 1. The summed E-state index contributed by atoms with van der Waals surface area (Å²) < 4.78 is 0. The molecule has 0 radical (unpaired) electrons. The summed E-state index contributed by atoms with van der Waals surface area (Å²) in [6.45, 7) is 0.410. The van der Waals surface area contributed by atoms with Crippen LogP contribution in [0.5, 0.6) is 0 Å². The van der Waals surface area contributed by atoms with Gasteiger partial charge >= 0.3 is 5.97 Å². The Morgan fingerprint density at radius 3 is 2.72 bits per heavy atom. The highest BCUT2D eigenvalue weighted by Crippen LogP contribution is 2.08. The molecule has 0 saturated carbocycles. The summed E-state index contributed by atoms with van der Waals surface area (Å²) in [7, 11) is 0. The molecule has 18 heavy (non-hydrogen) atoms. The lowest BCUT2D eigenvalue weighted by Crippen LogP contribution is -2.25. The van der Waals surface area contributed by atoms with Crippen molar-refractivity contribution in [2.24, 2.45) is 0 Å². The number of aromatic carboxylic acids is 1. The van der Waals surface area contributed by atoms with Gasteiger partial charge in [0.2, 0.25) is 5.91 Å². The second-order valence-corrected chi connectivity index (χ2v) is 3.77. The fourth-order valence-electron chi connectivity index (χ4n) is 1.56. The standard InChI is InChI=1S/C14H15NO3/c1-2-3-8-13(16)15-10-9-11-6-4-5-7-12(11)14(17)18/h1,4-7H,3,8-10H2,(H,15,16)(H,17,18). The molecule has 0 saturated heterocycles. The zero-order valence-electron chi connectivity index (χ0n) is 9.98. The van der Waals surface area contributed by atoms with E-state index in [2.05, 4.69) is 11.2 Å². The van der Waals surface area contributed by atoms with Crippen LogP contribution in [0.25, 0.3) is 0 Å². The molecule has 4 heteroatoms. The summed E-state index contributed by atoms with van der Waals surface area (Å²) in [5.41, 5.74) is 0.984. The largest absolute Gasteiger partial charge is 0.478 e. The van der Waals surface area contributed by atoms with Gasteiger partial charge in [-0.1, -0.05) is 18.2 Å². The molecule has 0 spiro atoms. The minimum Gasteiger partial charge on any atom is -0.478 e. The Morgan fingerprint density at radius 1 is 1.33 bits per heavy atom. The topological polar surface area (TPSA) is 66.4 Å². The van der Waals surface area contributed by atoms with Gasteiger partial charge in [0.05, 0.1) is 5.56 Å². The van der Waals surface area contributed by atoms with Crippen molar-refractivity contribution in [1.82, 2.24) is 5.32 Å². The van der Waals surface area contributed by atoms with Gasteiger partial charge in [-0.3, -0.25) is 4.79 Å². The van der Waals surface area contributed by atoms with Crippen molar-refractivity contribution in [3.63, 3.8) is 0 Å². The fourth-order valence-corrected chi connectivity index (χ4v) is 1.56. The first-order valence-corrected chi connectivity index (χ1v) is 5.66. The molecule has 1 aromatic carbocycles. The molecule has 1 rings (SSSR count). The van der Waals surface area contributed by atoms with E-state index >= 15 is 0 Å². The molecule has 0 aromatic heterocycles. The second kappa shape index (κ2) is 7.13. The normalized spacial score (nSPS) is 9.50. The minimum absolute atomic E-state index is 0.110. The number of hydrogen-bond acceptors (Lipinski definition) is 2. The number of terminal acetylenes is 1. The Bertz CT molecular complexity index is 474. The van der Waals surface area contributed by atoms with Gasteiger partial charge in [0.1, 0.15) is 0 Å². The molecule has 1 aromatic rings. The van der Waals surface area contributed by atoms with Crippen molar-refractivity contribution in [3.05, 3.63) is 35.4 Å². The van der Waals surface area contributed by atoms with Crippen LogP contribution in [0, 0.1) is 12.3 Å². The van der Waals surface area contributed by atoms with Crippen LogP contribution in [-0.4, -0.2) is 23.5 Å². The van der Waals surface area contributed by atoms with E-state index in [0.29, 0.717) is 31.4 Å². The third-order valence-electron chi connectivity index (χ3n) is 2.46. The minimum atomic E-state index is -0.954. The summed E-state index contributed by atoms with van der Waals surface area (Å²) >= 11 is 0. The molecule has 2 N–H and O–H groups in total. The highest BCUT2D eigenvalue weighted by Gasteiger charge is 2.08. The number of carbonyl (C=O) groups excluding carboxylic acids is 1. The lowest BCUT2D eigenvalue weighted by molar-refractivity contribution is -0.120. The van der Waals surface area contributed by atoms with Gasteiger partial charge in [-0.15, -0.1) is 12.3 Å². The molecule has 0 bridgehead atoms. The SMILES string of the molecule is C#CCCC(=O)NCCc1ccccc1C(=O)O. The van der Waals surface area contributed by atoms with Crippen LogP contribution < -0.4 is 5.32 Å². The van der Waals surface area contributed by atoms with E-state index in [1.807, 2.05) is 0 Å². The van der Waals surface area contributed by atoms with Gasteiger partial charge in [-0.25, -0.2) is 4.79 Å². The molecule has 0 aliphatic carbocycles. The fraction of sp³-hybridized carbons (Fsp3) is 0.286. The first kappa shape index (κ1) is 13.8. The smallest absolute Gasteiger partial charge is 0.335 e. The monoisotopic (exact) mass is 245 g/mol. The number of benzene rings is 1. The average Bonchev–Trinajstić information content (AvgIpc) is 2.36. The first-order valence-electron chi connectivity index (χ1n) is 5.66. The number of rotatable bonds is 6.